The van der Waals surface area contributed by atoms with Crippen molar-refractivity contribution in [3.8, 4) is 0 Å². The number of hydrazone groups is 1. The molecule has 0 amide bonds. The van der Waals surface area contributed by atoms with Crippen molar-refractivity contribution in [2.75, 3.05) is 0 Å². The Bertz CT molecular complexity index is 263. The largest absolute Gasteiger partial charge is 0.388 e. The molecule has 1 rings (SSSR count). The van der Waals surface area contributed by atoms with E-state index in [9.17, 15) is 0 Å². The van der Waals surface area contributed by atoms with Gasteiger partial charge in [0.15, 0.2) is 0 Å². The zero-order valence-electron chi connectivity index (χ0n) is 7.46. The fraction of sp³-hybridized carbons (Fsp3) is 0.333. The SMILES string of the molecule is N=C(N/N=C\N)C1=CC=CCCC1. The van der Waals surface area contributed by atoms with Gasteiger partial charge in [-0.15, -0.1) is 0 Å². The van der Waals surface area contributed by atoms with Gasteiger partial charge in [-0.1, -0.05) is 18.2 Å². The Labute approximate surface area is 77.7 Å². The molecule has 0 fully saturated rings. The third kappa shape index (κ3) is 3.11. The molecule has 0 saturated carbocycles. The molecular weight excluding hydrogens is 164 g/mol. The van der Waals surface area contributed by atoms with Gasteiger partial charge in [0.25, 0.3) is 0 Å². The van der Waals surface area contributed by atoms with Crippen molar-refractivity contribution < 1.29 is 0 Å². The maximum absolute atomic E-state index is 7.60. The first-order valence-corrected chi connectivity index (χ1v) is 4.28. The van der Waals surface area contributed by atoms with Gasteiger partial charge in [-0.3, -0.25) is 10.8 Å². The summed E-state index contributed by atoms with van der Waals surface area (Å²) in [5.74, 6) is 0.327. The maximum Gasteiger partial charge on any atom is 0.141 e. The first-order chi connectivity index (χ1) is 6.34. The molecular formula is C9H14N4. The zero-order valence-corrected chi connectivity index (χ0v) is 7.46. The molecule has 0 spiro atoms. The molecule has 0 bridgehead atoms. The quantitative estimate of drug-likeness (QED) is 0.337. The first-order valence-electron chi connectivity index (χ1n) is 4.28. The van der Waals surface area contributed by atoms with Crippen LogP contribution < -0.4 is 11.2 Å². The molecule has 0 heterocycles. The Morgan fingerprint density at radius 2 is 2.54 bits per heavy atom. The summed E-state index contributed by atoms with van der Waals surface area (Å²) in [4.78, 5) is 0. The number of nitrogens with zero attached hydrogens (tertiary/aromatic N) is 1. The Hall–Kier alpha value is -1.58. The summed E-state index contributed by atoms with van der Waals surface area (Å²) in [6, 6.07) is 0. The fourth-order valence-electron chi connectivity index (χ4n) is 1.16. The van der Waals surface area contributed by atoms with E-state index in [2.05, 4.69) is 16.6 Å². The summed E-state index contributed by atoms with van der Waals surface area (Å²) >= 11 is 0. The third-order valence-corrected chi connectivity index (χ3v) is 1.82. The Kier molecular flexibility index (Phi) is 3.75. The molecule has 4 N–H and O–H groups in total. The second-order valence-electron chi connectivity index (χ2n) is 2.78. The Morgan fingerprint density at radius 1 is 1.69 bits per heavy atom. The molecule has 0 unspecified atom stereocenters. The monoisotopic (exact) mass is 178 g/mol. The van der Waals surface area contributed by atoms with Crippen LogP contribution in [0.4, 0.5) is 0 Å². The molecule has 4 nitrogen and oxygen atoms in total. The van der Waals surface area contributed by atoms with Crippen LogP contribution >= 0.6 is 0 Å². The van der Waals surface area contributed by atoms with E-state index in [1.165, 1.54) is 0 Å². The van der Waals surface area contributed by atoms with E-state index < -0.39 is 0 Å². The van der Waals surface area contributed by atoms with Crippen LogP contribution in [0.5, 0.6) is 0 Å². The number of amidine groups is 1. The van der Waals surface area contributed by atoms with Gasteiger partial charge in [0, 0.05) is 0 Å². The summed E-state index contributed by atoms with van der Waals surface area (Å²) in [5, 5.41) is 11.2. The lowest BCUT2D eigenvalue weighted by Gasteiger charge is -2.05. The van der Waals surface area contributed by atoms with Gasteiger partial charge in [-0.25, -0.2) is 0 Å². The highest BCUT2D eigenvalue weighted by atomic mass is 15.3. The van der Waals surface area contributed by atoms with Crippen LogP contribution in [0.2, 0.25) is 0 Å². The predicted octanol–water partition coefficient (Wildman–Crippen LogP) is 1.12. The molecule has 1 aliphatic rings. The average Bonchev–Trinajstić information content (AvgIpc) is 2.42. The molecule has 0 aromatic carbocycles. The average molecular weight is 178 g/mol. The number of hydrogen-bond acceptors (Lipinski definition) is 2. The van der Waals surface area contributed by atoms with Crippen molar-refractivity contribution in [2.45, 2.75) is 19.3 Å². The van der Waals surface area contributed by atoms with E-state index in [-0.39, 0.29) is 0 Å². The van der Waals surface area contributed by atoms with E-state index in [4.69, 9.17) is 11.1 Å². The minimum atomic E-state index is 0.327. The lowest BCUT2D eigenvalue weighted by Crippen LogP contribution is -2.19. The molecule has 0 radical (unpaired) electrons. The Morgan fingerprint density at radius 3 is 3.31 bits per heavy atom. The highest BCUT2D eigenvalue weighted by molar-refractivity contribution is 5.96. The summed E-state index contributed by atoms with van der Waals surface area (Å²) < 4.78 is 0. The molecule has 70 valence electrons. The first kappa shape index (κ1) is 9.51. The van der Waals surface area contributed by atoms with Crippen LogP contribution in [0.25, 0.3) is 0 Å². The van der Waals surface area contributed by atoms with E-state index in [0.717, 1.165) is 31.2 Å². The van der Waals surface area contributed by atoms with E-state index in [1.54, 1.807) is 0 Å². The molecule has 0 atom stereocenters. The molecule has 0 saturated heterocycles. The molecule has 13 heavy (non-hydrogen) atoms. The van der Waals surface area contributed by atoms with Gasteiger partial charge in [0.1, 0.15) is 12.2 Å². The van der Waals surface area contributed by atoms with E-state index in [0.29, 0.717) is 5.84 Å². The van der Waals surface area contributed by atoms with Crippen molar-refractivity contribution in [1.29, 1.82) is 5.41 Å². The van der Waals surface area contributed by atoms with Crippen molar-refractivity contribution in [3.63, 3.8) is 0 Å². The fourth-order valence-corrected chi connectivity index (χ4v) is 1.16. The van der Waals surface area contributed by atoms with Gasteiger partial charge in [0.2, 0.25) is 0 Å². The molecule has 0 aromatic rings. The molecule has 4 heteroatoms. The van der Waals surface area contributed by atoms with Crippen LogP contribution in [0, 0.1) is 5.41 Å². The lowest BCUT2D eigenvalue weighted by atomic mass is 10.1. The second-order valence-corrected chi connectivity index (χ2v) is 2.78. The van der Waals surface area contributed by atoms with Crippen LogP contribution in [0.3, 0.4) is 0 Å². The predicted molar refractivity (Wildman–Crippen MR) is 54.6 cm³/mol. The van der Waals surface area contributed by atoms with E-state index in [1.807, 2.05) is 12.2 Å². The number of hydrogen-bond donors (Lipinski definition) is 3. The normalized spacial score (nSPS) is 16.8. The topological polar surface area (TPSA) is 74.3 Å². The van der Waals surface area contributed by atoms with Crippen molar-refractivity contribution >= 4 is 12.2 Å². The molecule has 1 aliphatic carbocycles. The smallest absolute Gasteiger partial charge is 0.141 e. The van der Waals surface area contributed by atoms with Crippen molar-refractivity contribution in [2.24, 2.45) is 10.8 Å². The zero-order chi connectivity index (χ0) is 9.52. The number of nitrogens with one attached hydrogen (secondary N) is 2. The highest BCUT2D eigenvalue weighted by Crippen LogP contribution is 2.12. The van der Waals surface area contributed by atoms with Crippen LogP contribution in [0.15, 0.2) is 28.9 Å². The van der Waals surface area contributed by atoms with Crippen LogP contribution in [0.1, 0.15) is 19.3 Å². The van der Waals surface area contributed by atoms with Crippen LogP contribution in [-0.4, -0.2) is 12.2 Å². The summed E-state index contributed by atoms with van der Waals surface area (Å²) in [6.07, 6.45) is 10.2. The number of nitrogens with two attached hydrogens (primary N) is 1. The van der Waals surface area contributed by atoms with Gasteiger partial charge in [-0.05, 0) is 24.8 Å². The lowest BCUT2D eigenvalue weighted by molar-refractivity contribution is 0.849. The van der Waals surface area contributed by atoms with Crippen molar-refractivity contribution in [1.82, 2.24) is 5.43 Å². The van der Waals surface area contributed by atoms with Gasteiger partial charge in [0.05, 0.1) is 0 Å². The summed E-state index contributed by atoms with van der Waals surface area (Å²) in [7, 11) is 0. The van der Waals surface area contributed by atoms with Gasteiger partial charge >= 0.3 is 0 Å². The number of allylic oxidation sites excluding steroid dienone is 3. The summed E-state index contributed by atoms with van der Waals surface area (Å²) in [5.41, 5.74) is 8.58. The maximum atomic E-state index is 7.60. The minimum Gasteiger partial charge on any atom is -0.388 e. The van der Waals surface area contributed by atoms with Gasteiger partial charge < -0.3 is 5.73 Å². The standard InChI is InChI=1S/C9H14N4/c10-7-12-13-9(11)8-5-3-1-2-4-6-8/h1,3,5,7H,2,4,6H2,(H2,10,12)(H2,11,13). The third-order valence-electron chi connectivity index (χ3n) is 1.82. The molecule has 0 aromatic heterocycles. The van der Waals surface area contributed by atoms with E-state index >= 15 is 0 Å². The number of rotatable bonds is 2. The second kappa shape index (κ2) is 5.13. The van der Waals surface area contributed by atoms with Crippen LogP contribution in [-0.2, 0) is 0 Å². The molecule has 0 aliphatic heterocycles. The van der Waals surface area contributed by atoms with Crippen molar-refractivity contribution in [3.05, 3.63) is 23.8 Å². The Balaban J connectivity index is 2.54. The van der Waals surface area contributed by atoms with Gasteiger partial charge in [-0.2, -0.15) is 5.10 Å². The minimum absolute atomic E-state index is 0.327. The highest BCUT2D eigenvalue weighted by Gasteiger charge is 2.04. The summed E-state index contributed by atoms with van der Waals surface area (Å²) in [6.45, 7) is 0.